The summed E-state index contributed by atoms with van der Waals surface area (Å²) in [4.78, 5) is 40.1. The minimum Gasteiger partial charge on any atom is -0.329 e. The van der Waals surface area contributed by atoms with Gasteiger partial charge < -0.3 is 11.5 Å². The highest BCUT2D eigenvalue weighted by Crippen LogP contribution is 1.80. The van der Waals surface area contributed by atoms with Crippen molar-refractivity contribution in [3.8, 4) is 0 Å². The average molecular weight is 274 g/mol. The lowest BCUT2D eigenvalue weighted by Crippen LogP contribution is -2.25. The molecule has 6 nitrogen and oxygen atoms in total. The first-order valence-corrected chi connectivity index (χ1v) is 5.96. The molecular weight excluding hydrogens is 248 g/mol. The van der Waals surface area contributed by atoms with Gasteiger partial charge in [0.15, 0.2) is 0 Å². The molecule has 0 saturated carbocycles. The third-order valence-electron chi connectivity index (χ3n) is 1.37. The third-order valence-corrected chi connectivity index (χ3v) is 1.37. The van der Waals surface area contributed by atoms with Crippen molar-refractivity contribution in [1.29, 1.82) is 0 Å². The van der Waals surface area contributed by atoms with Crippen LogP contribution < -0.4 is 11.5 Å². The second-order valence-electron chi connectivity index (χ2n) is 4.37. The van der Waals surface area contributed by atoms with Crippen LogP contribution in [0.5, 0.6) is 0 Å². The second-order valence-corrected chi connectivity index (χ2v) is 4.37. The van der Waals surface area contributed by atoms with E-state index in [0.29, 0.717) is 6.54 Å². The topological polar surface area (TPSA) is 120 Å². The Morgan fingerprint density at radius 1 is 0.789 bits per heavy atom. The number of carbonyl (C=O) groups is 4. The van der Waals surface area contributed by atoms with Crippen LogP contribution >= 0.6 is 0 Å². The highest BCUT2D eigenvalue weighted by Gasteiger charge is 1.95. The summed E-state index contributed by atoms with van der Waals surface area (Å²) in [7, 11) is 0. The first-order chi connectivity index (χ1) is 8.52. The Morgan fingerprint density at radius 2 is 0.947 bits per heavy atom. The van der Waals surface area contributed by atoms with Gasteiger partial charge in [-0.15, -0.1) is 0 Å². The molecule has 0 aliphatic carbocycles. The Balaban J connectivity index is -0.000000206. The summed E-state index contributed by atoms with van der Waals surface area (Å²) in [5.41, 5.74) is 10.2. The van der Waals surface area contributed by atoms with Gasteiger partial charge in [0, 0.05) is 12.6 Å². The molecule has 0 fully saturated rings. The molecule has 1 atom stereocenters. The molecule has 1 unspecified atom stereocenters. The van der Waals surface area contributed by atoms with Gasteiger partial charge in [0.1, 0.15) is 23.1 Å². The number of hydrogen-bond donors (Lipinski definition) is 2. The van der Waals surface area contributed by atoms with Gasteiger partial charge in [0.25, 0.3) is 0 Å². The summed E-state index contributed by atoms with van der Waals surface area (Å²) in [6.07, 6.45) is 0.167. The van der Waals surface area contributed by atoms with Crippen molar-refractivity contribution < 1.29 is 19.2 Å². The Kier molecular flexibility index (Phi) is 17.6. The monoisotopic (exact) mass is 274 g/mol. The second kappa shape index (κ2) is 14.7. The van der Waals surface area contributed by atoms with E-state index in [1.807, 2.05) is 6.92 Å². The minimum absolute atomic E-state index is 0.0625. The van der Waals surface area contributed by atoms with Crippen LogP contribution in [-0.4, -0.2) is 35.7 Å². The number of nitrogens with two attached hydrogens (primary N) is 2. The summed E-state index contributed by atoms with van der Waals surface area (Å²) < 4.78 is 0. The lowest BCUT2D eigenvalue weighted by atomic mass is 10.2. The number of ketones is 4. The van der Waals surface area contributed by atoms with Crippen molar-refractivity contribution in [2.75, 3.05) is 6.54 Å². The first kappa shape index (κ1) is 22.8. The standard InChI is InChI=1S/2C5H8O2.C3H10N2/c2*1-4(6)3-5(2)7;1-3(5)2-4/h2*3H2,1-2H3;3H,2,4-5H2,1H3. The number of Topliss-reactive ketones (excluding diaryl/α,β-unsaturated/α-hetero) is 4. The Labute approximate surface area is 114 Å². The van der Waals surface area contributed by atoms with Crippen LogP contribution in [0.3, 0.4) is 0 Å². The molecule has 0 aromatic rings. The molecule has 0 rings (SSSR count). The SMILES string of the molecule is CC(=O)CC(C)=O.CC(=O)CC(C)=O.CC(N)CN. The van der Waals surface area contributed by atoms with E-state index in [4.69, 9.17) is 11.5 Å². The van der Waals surface area contributed by atoms with Crippen molar-refractivity contribution in [3.63, 3.8) is 0 Å². The van der Waals surface area contributed by atoms with E-state index in [2.05, 4.69) is 0 Å². The van der Waals surface area contributed by atoms with Gasteiger partial charge in [-0.1, -0.05) is 0 Å². The molecule has 0 aromatic carbocycles. The summed E-state index contributed by atoms with van der Waals surface area (Å²) in [5, 5.41) is 0. The highest BCUT2D eigenvalue weighted by atomic mass is 16.2. The number of carbonyl (C=O) groups excluding carboxylic acids is 4. The molecule has 6 heteroatoms. The van der Waals surface area contributed by atoms with Crippen molar-refractivity contribution in [2.45, 2.75) is 53.5 Å². The molecule has 0 heterocycles. The van der Waals surface area contributed by atoms with Crippen molar-refractivity contribution in [1.82, 2.24) is 0 Å². The molecular formula is C13H26N2O4. The van der Waals surface area contributed by atoms with E-state index >= 15 is 0 Å². The van der Waals surface area contributed by atoms with Crippen LogP contribution in [0, 0.1) is 0 Å². The van der Waals surface area contributed by atoms with Gasteiger partial charge in [-0.05, 0) is 34.6 Å². The van der Waals surface area contributed by atoms with Crippen molar-refractivity contribution >= 4 is 23.1 Å². The zero-order chi connectivity index (χ0) is 16.0. The predicted octanol–water partition coefficient (Wildman–Crippen LogP) is 0.401. The number of rotatable bonds is 5. The molecule has 112 valence electrons. The molecule has 0 bridgehead atoms. The summed E-state index contributed by atoms with van der Waals surface area (Å²) in [5.74, 6) is -0.250. The molecule has 0 spiro atoms. The largest absolute Gasteiger partial charge is 0.329 e. The van der Waals surface area contributed by atoms with E-state index < -0.39 is 0 Å². The number of hydrogen-bond acceptors (Lipinski definition) is 6. The fraction of sp³-hybridized carbons (Fsp3) is 0.692. The average Bonchev–Trinajstić information content (AvgIpc) is 2.14. The van der Waals surface area contributed by atoms with Crippen LogP contribution in [0.2, 0.25) is 0 Å². The van der Waals surface area contributed by atoms with Gasteiger partial charge in [0.05, 0.1) is 12.8 Å². The molecule has 0 aliphatic rings. The van der Waals surface area contributed by atoms with Crippen LogP contribution in [0.1, 0.15) is 47.5 Å². The maximum atomic E-state index is 10.0. The zero-order valence-electron chi connectivity index (χ0n) is 12.5. The summed E-state index contributed by atoms with van der Waals surface area (Å²) >= 11 is 0. The lowest BCUT2D eigenvalue weighted by molar-refractivity contribution is -0.126. The maximum absolute atomic E-state index is 10.0. The molecule has 0 radical (unpaired) electrons. The molecule has 4 N–H and O–H groups in total. The third kappa shape index (κ3) is 47.8. The molecule has 0 aliphatic heterocycles. The van der Waals surface area contributed by atoms with E-state index in [1.54, 1.807) is 0 Å². The lowest BCUT2D eigenvalue weighted by Gasteiger charge is -1.92. The Bertz CT molecular complexity index is 249. The van der Waals surface area contributed by atoms with Gasteiger partial charge in [0.2, 0.25) is 0 Å². The molecule has 0 aromatic heterocycles. The fourth-order valence-electron chi connectivity index (χ4n) is 0.701. The van der Waals surface area contributed by atoms with E-state index in [1.165, 1.54) is 27.7 Å². The fourth-order valence-corrected chi connectivity index (χ4v) is 0.701. The molecule has 19 heavy (non-hydrogen) atoms. The summed E-state index contributed by atoms with van der Waals surface area (Å²) in [6.45, 7) is 8.07. The normalized spacial score (nSPS) is 10.1. The first-order valence-electron chi connectivity index (χ1n) is 5.96. The molecule has 0 saturated heterocycles. The van der Waals surface area contributed by atoms with Crippen molar-refractivity contribution in [2.24, 2.45) is 11.5 Å². The van der Waals surface area contributed by atoms with Crippen LogP contribution in [-0.2, 0) is 19.2 Å². The van der Waals surface area contributed by atoms with Gasteiger partial charge in [-0.2, -0.15) is 0 Å². The Hall–Kier alpha value is -1.40. The predicted molar refractivity (Wildman–Crippen MR) is 74.7 cm³/mol. The van der Waals surface area contributed by atoms with Gasteiger partial charge >= 0.3 is 0 Å². The van der Waals surface area contributed by atoms with Crippen LogP contribution in [0.15, 0.2) is 0 Å². The van der Waals surface area contributed by atoms with E-state index in [9.17, 15) is 19.2 Å². The molecule has 0 amide bonds. The smallest absolute Gasteiger partial charge is 0.137 e. The van der Waals surface area contributed by atoms with Crippen molar-refractivity contribution in [3.05, 3.63) is 0 Å². The summed E-state index contributed by atoms with van der Waals surface area (Å²) in [6, 6.07) is 0.162. The van der Waals surface area contributed by atoms with E-state index in [-0.39, 0.29) is 42.0 Å². The van der Waals surface area contributed by atoms with Crippen LogP contribution in [0.25, 0.3) is 0 Å². The van der Waals surface area contributed by atoms with Gasteiger partial charge in [-0.3, -0.25) is 19.2 Å². The van der Waals surface area contributed by atoms with Gasteiger partial charge in [-0.25, -0.2) is 0 Å². The quantitative estimate of drug-likeness (QED) is 0.700. The zero-order valence-corrected chi connectivity index (χ0v) is 12.5. The van der Waals surface area contributed by atoms with Crippen LogP contribution in [0.4, 0.5) is 0 Å². The minimum atomic E-state index is -0.0625. The maximum Gasteiger partial charge on any atom is 0.137 e. The van der Waals surface area contributed by atoms with E-state index in [0.717, 1.165) is 0 Å². The highest BCUT2D eigenvalue weighted by molar-refractivity contribution is 5.97. The Morgan fingerprint density at radius 3 is 0.947 bits per heavy atom.